The SMILES string of the molecule is CCC(C)CN(C)c1cc(C#N)ccc1N. The van der Waals surface area contributed by atoms with Crippen LogP contribution in [0, 0.1) is 17.2 Å². The second-order valence-electron chi connectivity index (χ2n) is 4.28. The molecule has 0 aliphatic carbocycles. The fourth-order valence-corrected chi connectivity index (χ4v) is 1.64. The second kappa shape index (κ2) is 5.41. The van der Waals surface area contributed by atoms with Gasteiger partial charge in [0.05, 0.1) is 23.0 Å². The Bertz CT molecular complexity index is 393. The molecule has 0 saturated heterocycles. The third kappa shape index (κ3) is 2.90. The molecule has 0 amide bonds. The van der Waals surface area contributed by atoms with Crippen LogP contribution in [0.2, 0.25) is 0 Å². The van der Waals surface area contributed by atoms with Crippen molar-refractivity contribution in [1.82, 2.24) is 0 Å². The summed E-state index contributed by atoms with van der Waals surface area (Å²) >= 11 is 0. The Morgan fingerprint density at radius 1 is 1.50 bits per heavy atom. The van der Waals surface area contributed by atoms with Crippen LogP contribution in [0.4, 0.5) is 11.4 Å². The summed E-state index contributed by atoms with van der Waals surface area (Å²) in [5, 5.41) is 8.85. The zero-order valence-electron chi connectivity index (χ0n) is 10.2. The minimum Gasteiger partial charge on any atom is -0.397 e. The number of hydrogen-bond donors (Lipinski definition) is 1. The Hall–Kier alpha value is -1.69. The predicted octanol–water partition coefficient (Wildman–Crippen LogP) is 2.62. The van der Waals surface area contributed by atoms with Gasteiger partial charge >= 0.3 is 0 Å². The highest BCUT2D eigenvalue weighted by atomic mass is 15.1. The lowest BCUT2D eigenvalue weighted by atomic mass is 10.1. The van der Waals surface area contributed by atoms with Crippen LogP contribution in [0.1, 0.15) is 25.8 Å². The van der Waals surface area contributed by atoms with Crippen molar-refractivity contribution in [2.24, 2.45) is 5.92 Å². The van der Waals surface area contributed by atoms with Gasteiger partial charge in [0.25, 0.3) is 0 Å². The zero-order chi connectivity index (χ0) is 12.1. The number of rotatable bonds is 4. The van der Waals surface area contributed by atoms with Gasteiger partial charge < -0.3 is 10.6 Å². The molecule has 0 aromatic heterocycles. The Morgan fingerprint density at radius 3 is 2.75 bits per heavy atom. The molecule has 0 aliphatic rings. The Kier molecular flexibility index (Phi) is 4.19. The molecule has 1 unspecified atom stereocenters. The average Bonchev–Trinajstić information content (AvgIpc) is 2.29. The average molecular weight is 217 g/mol. The molecule has 0 heterocycles. The smallest absolute Gasteiger partial charge is 0.0992 e. The van der Waals surface area contributed by atoms with E-state index < -0.39 is 0 Å². The molecular weight excluding hydrogens is 198 g/mol. The molecule has 1 aromatic carbocycles. The van der Waals surface area contributed by atoms with Crippen LogP contribution in [-0.2, 0) is 0 Å². The molecule has 3 nitrogen and oxygen atoms in total. The van der Waals surface area contributed by atoms with Gasteiger partial charge in [-0.05, 0) is 24.1 Å². The third-order valence-electron chi connectivity index (χ3n) is 2.85. The number of anilines is 2. The maximum atomic E-state index is 8.85. The summed E-state index contributed by atoms with van der Waals surface area (Å²) in [6, 6.07) is 7.52. The summed E-state index contributed by atoms with van der Waals surface area (Å²) in [7, 11) is 2.01. The van der Waals surface area contributed by atoms with E-state index in [1.54, 1.807) is 12.1 Å². The minimum atomic E-state index is 0.621. The van der Waals surface area contributed by atoms with E-state index in [9.17, 15) is 0 Å². The van der Waals surface area contributed by atoms with E-state index in [4.69, 9.17) is 11.0 Å². The Balaban J connectivity index is 2.90. The Morgan fingerprint density at radius 2 is 2.19 bits per heavy atom. The fourth-order valence-electron chi connectivity index (χ4n) is 1.64. The standard InChI is InChI=1S/C13H19N3/c1-4-10(2)9-16(3)13-7-11(8-14)5-6-12(13)15/h5-7,10H,4,9,15H2,1-3H3. The summed E-state index contributed by atoms with van der Waals surface area (Å²) in [5.74, 6) is 0.621. The van der Waals surface area contributed by atoms with Gasteiger partial charge in [0, 0.05) is 13.6 Å². The highest BCUT2D eigenvalue weighted by Crippen LogP contribution is 2.24. The van der Waals surface area contributed by atoms with Gasteiger partial charge in [-0.2, -0.15) is 5.26 Å². The van der Waals surface area contributed by atoms with Crippen LogP contribution >= 0.6 is 0 Å². The van der Waals surface area contributed by atoms with Crippen LogP contribution in [0.25, 0.3) is 0 Å². The van der Waals surface area contributed by atoms with Gasteiger partial charge in [-0.15, -0.1) is 0 Å². The largest absolute Gasteiger partial charge is 0.397 e. The number of benzene rings is 1. The van der Waals surface area contributed by atoms with Crippen LogP contribution in [0.15, 0.2) is 18.2 Å². The van der Waals surface area contributed by atoms with Crippen LogP contribution in [0.5, 0.6) is 0 Å². The topological polar surface area (TPSA) is 53.0 Å². The lowest BCUT2D eigenvalue weighted by Gasteiger charge is -2.24. The second-order valence-corrected chi connectivity index (χ2v) is 4.28. The summed E-state index contributed by atoms with van der Waals surface area (Å²) in [5.41, 5.74) is 8.23. The first-order valence-corrected chi connectivity index (χ1v) is 5.59. The van der Waals surface area contributed by atoms with Gasteiger partial charge in [-0.3, -0.25) is 0 Å². The van der Waals surface area contributed by atoms with Gasteiger partial charge in [-0.1, -0.05) is 20.3 Å². The van der Waals surface area contributed by atoms with Crippen molar-refractivity contribution >= 4 is 11.4 Å². The van der Waals surface area contributed by atoms with E-state index in [-0.39, 0.29) is 0 Å². The molecule has 1 rings (SSSR count). The zero-order valence-corrected chi connectivity index (χ0v) is 10.2. The van der Waals surface area contributed by atoms with E-state index in [2.05, 4.69) is 24.8 Å². The van der Waals surface area contributed by atoms with E-state index >= 15 is 0 Å². The van der Waals surface area contributed by atoms with Crippen molar-refractivity contribution in [3.05, 3.63) is 23.8 Å². The highest BCUT2D eigenvalue weighted by Gasteiger charge is 2.09. The number of nitrogens with two attached hydrogens (primary N) is 1. The first-order valence-electron chi connectivity index (χ1n) is 5.59. The van der Waals surface area contributed by atoms with Crippen LogP contribution in [-0.4, -0.2) is 13.6 Å². The van der Waals surface area contributed by atoms with E-state index in [0.29, 0.717) is 11.5 Å². The van der Waals surface area contributed by atoms with E-state index in [1.807, 2.05) is 13.1 Å². The summed E-state index contributed by atoms with van der Waals surface area (Å²) < 4.78 is 0. The third-order valence-corrected chi connectivity index (χ3v) is 2.85. The molecule has 0 aliphatic heterocycles. The van der Waals surface area contributed by atoms with Gasteiger partial charge in [0.1, 0.15) is 0 Å². The molecule has 1 atom stereocenters. The number of hydrogen-bond acceptors (Lipinski definition) is 3. The molecular formula is C13H19N3. The van der Waals surface area contributed by atoms with E-state index in [0.717, 1.165) is 24.3 Å². The maximum absolute atomic E-state index is 8.85. The maximum Gasteiger partial charge on any atom is 0.0992 e. The van der Waals surface area contributed by atoms with Gasteiger partial charge in [-0.25, -0.2) is 0 Å². The summed E-state index contributed by atoms with van der Waals surface area (Å²) in [6.45, 7) is 5.34. The first kappa shape index (κ1) is 12.4. The van der Waals surface area contributed by atoms with Crippen molar-refractivity contribution < 1.29 is 0 Å². The summed E-state index contributed by atoms with van der Waals surface area (Å²) in [4.78, 5) is 2.12. The first-order chi connectivity index (χ1) is 7.58. The van der Waals surface area contributed by atoms with Crippen molar-refractivity contribution in [2.75, 3.05) is 24.2 Å². The molecule has 0 bridgehead atoms. The van der Waals surface area contributed by atoms with Gasteiger partial charge in [0.15, 0.2) is 0 Å². The Labute approximate surface area is 97.5 Å². The van der Waals surface area contributed by atoms with Crippen molar-refractivity contribution in [3.63, 3.8) is 0 Å². The quantitative estimate of drug-likeness (QED) is 0.789. The van der Waals surface area contributed by atoms with Crippen LogP contribution < -0.4 is 10.6 Å². The lowest BCUT2D eigenvalue weighted by molar-refractivity contribution is 0.560. The minimum absolute atomic E-state index is 0.621. The van der Waals surface area contributed by atoms with Crippen molar-refractivity contribution in [2.45, 2.75) is 20.3 Å². The molecule has 0 fully saturated rings. The van der Waals surface area contributed by atoms with Crippen molar-refractivity contribution in [1.29, 1.82) is 5.26 Å². The molecule has 2 N–H and O–H groups in total. The molecule has 0 saturated carbocycles. The monoisotopic (exact) mass is 217 g/mol. The fraction of sp³-hybridized carbons (Fsp3) is 0.462. The van der Waals surface area contributed by atoms with Crippen molar-refractivity contribution in [3.8, 4) is 6.07 Å². The lowest BCUT2D eigenvalue weighted by Crippen LogP contribution is -2.24. The molecule has 1 aromatic rings. The number of nitrogen functional groups attached to an aromatic ring is 1. The highest BCUT2D eigenvalue weighted by molar-refractivity contribution is 5.69. The van der Waals surface area contributed by atoms with E-state index in [1.165, 1.54) is 0 Å². The predicted molar refractivity (Wildman–Crippen MR) is 68.3 cm³/mol. The van der Waals surface area contributed by atoms with Gasteiger partial charge in [0.2, 0.25) is 0 Å². The molecule has 0 radical (unpaired) electrons. The molecule has 86 valence electrons. The van der Waals surface area contributed by atoms with Crippen LogP contribution in [0.3, 0.4) is 0 Å². The number of nitrogens with zero attached hydrogens (tertiary/aromatic N) is 2. The normalized spacial score (nSPS) is 11.9. The summed E-state index contributed by atoms with van der Waals surface area (Å²) in [6.07, 6.45) is 1.14. The molecule has 16 heavy (non-hydrogen) atoms. The number of nitriles is 1. The molecule has 3 heteroatoms. The molecule has 0 spiro atoms.